The highest BCUT2D eigenvalue weighted by Gasteiger charge is 2.19. The molecule has 0 fully saturated rings. The number of amides is 1. The summed E-state index contributed by atoms with van der Waals surface area (Å²) in [7, 11) is 1.60. The fourth-order valence-electron chi connectivity index (χ4n) is 2.48. The molecule has 1 atom stereocenters. The average Bonchev–Trinajstić information content (AvgIpc) is 3.21. The highest BCUT2D eigenvalue weighted by Crippen LogP contribution is 2.27. The SMILES string of the molecule is CCC(Sc1ccc(Cl)cc1)C(=O)NCc1nc(-c2cccc(OC)c2)no1. The zero-order valence-electron chi connectivity index (χ0n) is 15.5. The highest BCUT2D eigenvalue weighted by atomic mass is 35.5. The summed E-state index contributed by atoms with van der Waals surface area (Å²) in [6.45, 7) is 2.15. The number of carbonyl (C=O) groups is 1. The van der Waals surface area contributed by atoms with Crippen LogP contribution in [-0.4, -0.2) is 28.4 Å². The molecule has 2 aromatic carbocycles. The number of methoxy groups -OCH3 is 1. The number of hydrogen-bond acceptors (Lipinski definition) is 6. The average molecular weight is 418 g/mol. The topological polar surface area (TPSA) is 77.2 Å². The number of nitrogens with one attached hydrogen (secondary N) is 1. The van der Waals surface area contributed by atoms with Crippen molar-refractivity contribution >= 4 is 29.3 Å². The molecular weight excluding hydrogens is 398 g/mol. The minimum absolute atomic E-state index is 0.0800. The van der Waals surface area contributed by atoms with Crippen molar-refractivity contribution in [2.24, 2.45) is 0 Å². The molecule has 1 aromatic heterocycles. The van der Waals surface area contributed by atoms with Gasteiger partial charge in [0.2, 0.25) is 17.6 Å². The van der Waals surface area contributed by atoms with Crippen LogP contribution in [0.1, 0.15) is 19.2 Å². The van der Waals surface area contributed by atoms with Crippen LogP contribution >= 0.6 is 23.4 Å². The third-order valence-corrected chi connectivity index (χ3v) is 5.59. The van der Waals surface area contributed by atoms with E-state index in [1.165, 1.54) is 11.8 Å². The van der Waals surface area contributed by atoms with Gasteiger partial charge in [-0.05, 0) is 42.8 Å². The summed E-state index contributed by atoms with van der Waals surface area (Å²) in [4.78, 5) is 17.8. The Bertz CT molecular complexity index is 930. The van der Waals surface area contributed by atoms with Gasteiger partial charge in [0.1, 0.15) is 5.75 Å². The molecule has 0 aliphatic heterocycles. The van der Waals surface area contributed by atoms with E-state index >= 15 is 0 Å². The van der Waals surface area contributed by atoms with Crippen molar-refractivity contribution in [3.8, 4) is 17.1 Å². The second-order valence-corrected chi connectivity index (χ2v) is 7.64. The molecule has 0 bridgehead atoms. The van der Waals surface area contributed by atoms with Crippen molar-refractivity contribution < 1.29 is 14.1 Å². The highest BCUT2D eigenvalue weighted by molar-refractivity contribution is 8.00. The molecule has 0 saturated heterocycles. The van der Waals surface area contributed by atoms with E-state index in [2.05, 4.69) is 15.5 Å². The van der Waals surface area contributed by atoms with Crippen LogP contribution in [0, 0.1) is 0 Å². The first kappa shape index (κ1) is 20.2. The van der Waals surface area contributed by atoms with Gasteiger partial charge < -0.3 is 14.6 Å². The molecule has 0 aliphatic rings. The van der Waals surface area contributed by atoms with Crippen molar-refractivity contribution in [2.75, 3.05) is 7.11 Å². The number of ether oxygens (including phenoxy) is 1. The van der Waals surface area contributed by atoms with Gasteiger partial charge in [0.25, 0.3) is 0 Å². The van der Waals surface area contributed by atoms with Gasteiger partial charge in [-0.15, -0.1) is 11.8 Å². The van der Waals surface area contributed by atoms with Crippen molar-refractivity contribution in [3.05, 3.63) is 59.4 Å². The summed E-state index contributed by atoms with van der Waals surface area (Å²) in [5.74, 6) is 1.42. The molecular formula is C20H20ClN3O3S. The lowest BCUT2D eigenvalue weighted by molar-refractivity contribution is -0.120. The minimum atomic E-state index is -0.220. The van der Waals surface area contributed by atoms with Crippen LogP contribution in [0.3, 0.4) is 0 Å². The van der Waals surface area contributed by atoms with Crippen molar-refractivity contribution in [1.82, 2.24) is 15.5 Å². The summed E-state index contributed by atoms with van der Waals surface area (Å²) < 4.78 is 10.5. The fourth-order valence-corrected chi connectivity index (χ4v) is 3.59. The second-order valence-electron chi connectivity index (χ2n) is 5.93. The zero-order valence-corrected chi connectivity index (χ0v) is 17.1. The van der Waals surface area contributed by atoms with Gasteiger partial charge in [-0.3, -0.25) is 4.79 Å². The first-order chi connectivity index (χ1) is 13.6. The van der Waals surface area contributed by atoms with Gasteiger partial charge in [0, 0.05) is 15.5 Å². The van der Waals surface area contributed by atoms with E-state index in [1.54, 1.807) is 7.11 Å². The quantitative estimate of drug-likeness (QED) is 0.540. The third kappa shape index (κ3) is 5.27. The van der Waals surface area contributed by atoms with E-state index in [1.807, 2.05) is 55.5 Å². The van der Waals surface area contributed by atoms with Gasteiger partial charge in [0.05, 0.1) is 18.9 Å². The van der Waals surface area contributed by atoms with Crippen molar-refractivity contribution in [1.29, 1.82) is 0 Å². The molecule has 0 radical (unpaired) electrons. The molecule has 1 amide bonds. The molecule has 3 rings (SSSR count). The first-order valence-electron chi connectivity index (χ1n) is 8.76. The third-order valence-electron chi connectivity index (χ3n) is 3.97. The van der Waals surface area contributed by atoms with Crippen LogP contribution in [-0.2, 0) is 11.3 Å². The molecule has 0 aliphatic carbocycles. The Kier molecular flexibility index (Phi) is 6.95. The molecule has 28 heavy (non-hydrogen) atoms. The number of benzene rings is 2. The molecule has 146 valence electrons. The number of nitrogens with zero attached hydrogens (tertiary/aromatic N) is 2. The standard InChI is InChI=1S/C20H20ClN3O3S/c1-3-17(28-16-9-7-14(21)8-10-16)20(25)22-12-18-23-19(24-27-18)13-5-4-6-15(11-13)26-2/h4-11,17H,3,12H2,1-2H3,(H,22,25). The molecule has 3 aromatic rings. The Morgan fingerprint density at radius 2 is 2.07 bits per heavy atom. The molecule has 8 heteroatoms. The smallest absolute Gasteiger partial charge is 0.246 e. The van der Waals surface area contributed by atoms with E-state index in [9.17, 15) is 4.79 Å². The van der Waals surface area contributed by atoms with E-state index in [4.69, 9.17) is 20.9 Å². The summed E-state index contributed by atoms with van der Waals surface area (Å²) in [5, 5.41) is 7.28. The second kappa shape index (κ2) is 9.61. The summed E-state index contributed by atoms with van der Waals surface area (Å²) in [5.41, 5.74) is 0.783. The van der Waals surface area contributed by atoms with Crippen LogP contribution < -0.4 is 10.1 Å². The Morgan fingerprint density at radius 3 is 2.79 bits per heavy atom. The largest absolute Gasteiger partial charge is 0.497 e. The van der Waals surface area contributed by atoms with Crippen LogP contribution in [0.5, 0.6) is 5.75 Å². The summed E-state index contributed by atoms with van der Waals surface area (Å²) in [6, 6.07) is 14.8. The number of rotatable bonds is 8. The normalized spacial score (nSPS) is 11.8. The predicted molar refractivity (Wildman–Crippen MR) is 110 cm³/mol. The van der Waals surface area contributed by atoms with Crippen LogP contribution in [0.4, 0.5) is 0 Å². The molecule has 6 nitrogen and oxygen atoms in total. The van der Waals surface area contributed by atoms with E-state index in [-0.39, 0.29) is 17.7 Å². The minimum Gasteiger partial charge on any atom is -0.497 e. The zero-order chi connectivity index (χ0) is 19.9. The van der Waals surface area contributed by atoms with Gasteiger partial charge >= 0.3 is 0 Å². The Morgan fingerprint density at radius 1 is 1.29 bits per heavy atom. The Labute approximate surface area is 172 Å². The molecule has 0 spiro atoms. The van der Waals surface area contributed by atoms with Crippen LogP contribution in [0.25, 0.3) is 11.4 Å². The monoisotopic (exact) mass is 417 g/mol. The first-order valence-corrected chi connectivity index (χ1v) is 10.0. The Hall–Kier alpha value is -2.51. The lowest BCUT2D eigenvalue weighted by Gasteiger charge is -2.13. The predicted octanol–water partition coefficient (Wildman–Crippen LogP) is 4.59. The maximum absolute atomic E-state index is 12.5. The lowest BCUT2D eigenvalue weighted by Crippen LogP contribution is -2.31. The van der Waals surface area contributed by atoms with Crippen molar-refractivity contribution in [3.63, 3.8) is 0 Å². The van der Waals surface area contributed by atoms with E-state index < -0.39 is 0 Å². The molecule has 1 heterocycles. The van der Waals surface area contributed by atoms with Crippen LogP contribution in [0.2, 0.25) is 5.02 Å². The number of carbonyl (C=O) groups excluding carboxylic acids is 1. The molecule has 0 saturated carbocycles. The van der Waals surface area contributed by atoms with Gasteiger partial charge in [-0.2, -0.15) is 4.98 Å². The maximum Gasteiger partial charge on any atom is 0.246 e. The van der Waals surface area contributed by atoms with Crippen molar-refractivity contribution in [2.45, 2.75) is 30.0 Å². The van der Waals surface area contributed by atoms with E-state index in [0.29, 0.717) is 28.9 Å². The molecule has 1 N–H and O–H groups in total. The van der Waals surface area contributed by atoms with Crippen LogP contribution in [0.15, 0.2) is 57.9 Å². The molecule has 1 unspecified atom stereocenters. The number of aromatic nitrogens is 2. The number of hydrogen-bond donors (Lipinski definition) is 1. The van der Waals surface area contributed by atoms with Gasteiger partial charge in [-0.1, -0.05) is 35.8 Å². The van der Waals surface area contributed by atoms with Gasteiger partial charge in [0.15, 0.2) is 0 Å². The summed E-state index contributed by atoms with van der Waals surface area (Å²) in [6.07, 6.45) is 0.692. The Balaban J connectivity index is 1.59. The fraction of sp³-hybridized carbons (Fsp3) is 0.250. The van der Waals surface area contributed by atoms with Gasteiger partial charge in [-0.25, -0.2) is 0 Å². The van der Waals surface area contributed by atoms with E-state index in [0.717, 1.165) is 10.5 Å². The summed E-state index contributed by atoms with van der Waals surface area (Å²) >= 11 is 7.40. The number of thioether (sulfide) groups is 1. The number of halogens is 1. The lowest BCUT2D eigenvalue weighted by atomic mass is 10.2. The maximum atomic E-state index is 12.5.